The van der Waals surface area contributed by atoms with Gasteiger partial charge in [0.2, 0.25) is 0 Å². The van der Waals surface area contributed by atoms with Crippen molar-refractivity contribution in [2.75, 3.05) is 0 Å². The van der Waals surface area contributed by atoms with Crippen molar-refractivity contribution in [2.45, 2.75) is 118 Å². The van der Waals surface area contributed by atoms with E-state index in [1.165, 1.54) is 66.2 Å². The monoisotopic (exact) mass is 664 g/mol. The Labute approximate surface area is 299 Å². The van der Waals surface area contributed by atoms with Crippen molar-refractivity contribution in [3.63, 3.8) is 0 Å². The molecule has 3 unspecified atom stereocenters. The van der Waals surface area contributed by atoms with Crippen LogP contribution in [0.2, 0.25) is 0 Å². The number of fused-ring (bicyclic) bond motifs is 12. The molecule has 0 fully saturated rings. The summed E-state index contributed by atoms with van der Waals surface area (Å²) in [4.78, 5) is 8.30. The van der Waals surface area contributed by atoms with E-state index in [9.17, 15) is 0 Å². The van der Waals surface area contributed by atoms with E-state index in [0.717, 1.165) is 12.8 Å². The molecule has 50 heavy (non-hydrogen) atoms. The second-order valence-corrected chi connectivity index (χ2v) is 17.7. The van der Waals surface area contributed by atoms with Crippen LogP contribution >= 0.6 is 0 Å². The van der Waals surface area contributed by atoms with Gasteiger partial charge in [-0.2, -0.15) is 4.58 Å². The molecule has 0 aromatic heterocycles. The molecular formula is C46H56N4+2. The highest BCUT2D eigenvalue weighted by molar-refractivity contribution is 6.10. The normalized spacial score (nSPS) is 22.7. The van der Waals surface area contributed by atoms with Crippen LogP contribution in [0.15, 0.2) is 77.4 Å². The van der Waals surface area contributed by atoms with Gasteiger partial charge >= 0.3 is 5.79 Å². The maximum Gasteiger partial charge on any atom is 0.417 e. The van der Waals surface area contributed by atoms with Gasteiger partial charge in [-0.05, 0) is 102 Å². The average Bonchev–Trinajstić information content (AvgIpc) is 3.58. The summed E-state index contributed by atoms with van der Waals surface area (Å²) in [5.41, 5.74) is 11.4. The minimum absolute atomic E-state index is 0.0154. The highest BCUT2D eigenvalue weighted by Crippen LogP contribution is 2.54. The lowest BCUT2D eigenvalue weighted by Crippen LogP contribution is -2.64. The Hall–Kier alpha value is -4.05. The molecule has 1 spiro atoms. The molecule has 0 radical (unpaired) electrons. The van der Waals surface area contributed by atoms with E-state index in [2.05, 4.69) is 170 Å². The summed E-state index contributed by atoms with van der Waals surface area (Å²) >= 11 is 0. The third kappa shape index (κ3) is 4.59. The van der Waals surface area contributed by atoms with Gasteiger partial charge in [-0.25, -0.2) is 0 Å². The third-order valence-corrected chi connectivity index (χ3v) is 11.9. The fourth-order valence-electron chi connectivity index (χ4n) is 9.74. The van der Waals surface area contributed by atoms with Crippen molar-refractivity contribution in [1.82, 2.24) is 4.90 Å². The summed E-state index contributed by atoms with van der Waals surface area (Å²) in [6.45, 7) is 25.9. The summed E-state index contributed by atoms with van der Waals surface area (Å²) < 4.78 is 5.29. The van der Waals surface area contributed by atoms with Gasteiger partial charge in [-0.3, -0.25) is 4.90 Å². The first-order valence-electron chi connectivity index (χ1n) is 19.2. The smallest absolute Gasteiger partial charge is 0.273 e. The molecule has 4 aromatic rings. The number of benzene rings is 4. The minimum atomic E-state index is -0.586. The number of aliphatic imine (C=N–C) groups is 1. The second kappa shape index (κ2) is 11.5. The Morgan fingerprint density at radius 1 is 0.860 bits per heavy atom. The van der Waals surface area contributed by atoms with E-state index < -0.39 is 5.79 Å². The molecule has 1 aliphatic carbocycles. The van der Waals surface area contributed by atoms with E-state index in [0.29, 0.717) is 11.8 Å². The highest BCUT2D eigenvalue weighted by atomic mass is 15.5. The standard InChI is InChI=1S/C46H56N4/c1-27(2)21-31-15-14-18-36-34(31)20-19-32-22-39-43(41(32)36)47-26-50-44(39)38-23-40(45(9,10)11)35-16-12-13-17-37(35)42(38)46(50)48(29(5)6)24-33(28(3)4)25-49(46)30(7)8/h12-20,23-30,39,43H,21-22H2,1-11H3/q+2. The number of rotatable bonds is 5. The van der Waals surface area contributed by atoms with Crippen molar-refractivity contribution < 1.29 is 9.15 Å². The molecule has 4 aliphatic rings. The lowest BCUT2D eigenvalue weighted by Gasteiger charge is -2.43. The molecule has 4 aromatic carbocycles. The fourth-order valence-corrected chi connectivity index (χ4v) is 9.74. The molecule has 0 saturated heterocycles. The third-order valence-electron chi connectivity index (χ3n) is 11.9. The van der Waals surface area contributed by atoms with Crippen LogP contribution in [0.3, 0.4) is 0 Å². The van der Waals surface area contributed by atoms with Crippen molar-refractivity contribution in [1.29, 1.82) is 0 Å². The van der Waals surface area contributed by atoms with Crippen molar-refractivity contribution in [3.05, 3.63) is 106 Å². The zero-order valence-corrected chi connectivity index (χ0v) is 32.2. The van der Waals surface area contributed by atoms with Crippen LogP contribution in [0, 0.1) is 17.8 Å². The largest absolute Gasteiger partial charge is 0.417 e. The molecule has 0 saturated carbocycles. The fraction of sp³-hybridized carbons (Fsp3) is 0.457. The van der Waals surface area contributed by atoms with E-state index >= 15 is 0 Å². The zero-order valence-electron chi connectivity index (χ0n) is 32.2. The van der Waals surface area contributed by atoms with Gasteiger partial charge in [0.1, 0.15) is 11.3 Å². The van der Waals surface area contributed by atoms with Crippen molar-refractivity contribution >= 4 is 39.8 Å². The van der Waals surface area contributed by atoms with Gasteiger partial charge in [0.25, 0.3) is 6.34 Å². The molecule has 3 aliphatic heterocycles. The van der Waals surface area contributed by atoms with Crippen LogP contribution in [-0.2, 0) is 24.0 Å². The predicted octanol–water partition coefficient (Wildman–Crippen LogP) is 10.1. The topological polar surface area (TPSA) is 21.6 Å². The highest BCUT2D eigenvalue weighted by Gasteiger charge is 2.67. The molecule has 3 atom stereocenters. The van der Waals surface area contributed by atoms with E-state index in [-0.39, 0.29) is 29.5 Å². The van der Waals surface area contributed by atoms with Gasteiger partial charge in [-0.15, -0.1) is 4.58 Å². The first-order chi connectivity index (χ1) is 23.7. The van der Waals surface area contributed by atoms with Crippen molar-refractivity contribution in [2.24, 2.45) is 22.7 Å². The summed E-state index contributed by atoms with van der Waals surface area (Å²) in [6.07, 6.45) is 9.29. The molecule has 0 amide bonds. The summed E-state index contributed by atoms with van der Waals surface area (Å²) in [6, 6.07) is 24.2. The number of allylic oxidation sites excluding steroid dienone is 1. The van der Waals surface area contributed by atoms with Gasteiger partial charge in [0.15, 0.2) is 18.3 Å². The average molecular weight is 665 g/mol. The second-order valence-electron chi connectivity index (χ2n) is 17.7. The van der Waals surface area contributed by atoms with Crippen LogP contribution in [0.1, 0.15) is 116 Å². The lowest BCUT2D eigenvalue weighted by atomic mass is 9.78. The van der Waals surface area contributed by atoms with E-state index in [1.54, 1.807) is 0 Å². The Bertz CT molecular complexity index is 2180. The van der Waals surface area contributed by atoms with Gasteiger partial charge in [0, 0.05) is 28.9 Å². The number of hydrogen-bond acceptors (Lipinski definition) is 2. The molecule has 4 nitrogen and oxygen atoms in total. The quantitative estimate of drug-likeness (QED) is 0.195. The Kier molecular flexibility index (Phi) is 7.61. The van der Waals surface area contributed by atoms with Gasteiger partial charge in [0.05, 0.1) is 5.92 Å². The van der Waals surface area contributed by atoms with Crippen LogP contribution in [-0.4, -0.2) is 44.4 Å². The molecule has 0 N–H and O–H groups in total. The lowest BCUT2D eigenvalue weighted by molar-refractivity contribution is -0.837. The Morgan fingerprint density at radius 3 is 2.24 bits per heavy atom. The SMILES string of the molecule is CC(C)Cc1cccc2c3c(ccc12)CC1C2=[N+](C=NC31)C1(c3c2cc(C(C)(C)C)c2ccccc32)N(C(C)C)C=C(C(C)C)C=[N+]1C(C)C. The summed E-state index contributed by atoms with van der Waals surface area (Å²) in [5.74, 6) is 0.690. The van der Waals surface area contributed by atoms with Gasteiger partial charge in [-0.1, -0.05) is 108 Å². The van der Waals surface area contributed by atoms with Crippen LogP contribution in [0.4, 0.5) is 0 Å². The summed E-state index contributed by atoms with van der Waals surface area (Å²) in [7, 11) is 0. The summed E-state index contributed by atoms with van der Waals surface area (Å²) in [5, 5.41) is 5.51. The molecule has 0 bridgehead atoms. The maximum atomic E-state index is 5.63. The molecule has 258 valence electrons. The Balaban J connectivity index is 1.46. The predicted molar refractivity (Wildman–Crippen MR) is 211 cm³/mol. The number of nitrogens with zero attached hydrogens (tertiary/aromatic N) is 4. The van der Waals surface area contributed by atoms with Crippen molar-refractivity contribution in [3.8, 4) is 0 Å². The molecule has 3 heterocycles. The number of hydrogen-bond donors (Lipinski definition) is 0. The Morgan fingerprint density at radius 2 is 1.58 bits per heavy atom. The van der Waals surface area contributed by atoms with Crippen LogP contribution in [0.5, 0.6) is 0 Å². The molecular weight excluding hydrogens is 609 g/mol. The molecule has 4 heteroatoms. The first kappa shape index (κ1) is 33.1. The van der Waals surface area contributed by atoms with Gasteiger partial charge < -0.3 is 0 Å². The minimum Gasteiger partial charge on any atom is -0.273 e. The zero-order chi connectivity index (χ0) is 35.4. The van der Waals surface area contributed by atoms with E-state index in [1.807, 2.05) is 0 Å². The van der Waals surface area contributed by atoms with Crippen LogP contribution in [0.25, 0.3) is 21.5 Å². The first-order valence-corrected chi connectivity index (χ1v) is 19.2. The maximum absolute atomic E-state index is 5.63. The molecule has 8 rings (SSSR count). The van der Waals surface area contributed by atoms with E-state index in [4.69, 9.17) is 4.99 Å². The van der Waals surface area contributed by atoms with Crippen LogP contribution < -0.4 is 0 Å².